The van der Waals surface area contributed by atoms with E-state index < -0.39 is 0 Å². The molecule has 0 bridgehead atoms. The Bertz CT molecular complexity index is 177. The molecule has 0 fully saturated rings. The molecule has 50 valence electrons. The van der Waals surface area contributed by atoms with Crippen molar-refractivity contribution in [3.05, 3.63) is 22.6 Å². The van der Waals surface area contributed by atoms with Crippen molar-refractivity contribution in [2.45, 2.75) is 26.0 Å². The molecule has 1 aliphatic rings. The molecule has 0 saturated carbocycles. The molecule has 1 heteroatoms. The number of rotatable bonds is 0. The maximum Gasteiger partial charge on any atom is 0.0278 e. The smallest absolute Gasteiger partial charge is 0.0278 e. The molecule has 9 heavy (non-hydrogen) atoms. The number of hydrogen-bond acceptors (Lipinski definition) is 1. The van der Waals surface area contributed by atoms with E-state index in [0.29, 0.717) is 5.25 Å². The van der Waals surface area contributed by atoms with Gasteiger partial charge in [0.25, 0.3) is 0 Å². The summed E-state index contributed by atoms with van der Waals surface area (Å²) in [7, 11) is 0. The fraction of sp³-hybridized carbons (Fsp3) is 0.500. The lowest BCUT2D eigenvalue weighted by atomic mass is 10.1. The van der Waals surface area contributed by atoms with Crippen LogP contribution >= 0.6 is 11.8 Å². The van der Waals surface area contributed by atoms with Crippen molar-refractivity contribution in [1.82, 2.24) is 0 Å². The van der Waals surface area contributed by atoms with Crippen LogP contribution in [-0.4, -0.2) is 5.25 Å². The third kappa shape index (κ3) is 1.06. The van der Waals surface area contributed by atoms with Gasteiger partial charge in [0.2, 0.25) is 0 Å². The molecule has 0 aromatic rings. The van der Waals surface area contributed by atoms with Gasteiger partial charge in [-0.25, -0.2) is 0 Å². The van der Waals surface area contributed by atoms with Crippen molar-refractivity contribution < 1.29 is 0 Å². The number of hydrogen-bond donors (Lipinski definition) is 0. The zero-order valence-corrected chi connectivity index (χ0v) is 7.01. The van der Waals surface area contributed by atoms with Crippen LogP contribution in [0.4, 0.5) is 0 Å². The van der Waals surface area contributed by atoms with E-state index in [9.17, 15) is 0 Å². The van der Waals surface area contributed by atoms with Gasteiger partial charge in [-0.05, 0) is 26.3 Å². The summed E-state index contributed by atoms with van der Waals surface area (Å²) in [6.07, 6.45) is 0. The van der Waals surface area contributed by atoms with Crippen molar-refractivity contribution in [3.63, 3.8) is 0 Å². The van der Waals surface area contributed by atoms with Gasteiger partial charge in [-0.2, -0.15) is 0 Å². The quantitative estimate of drug-likeness (QED) is 0.498. The van der Waals surface area contributed by atoms with Crippen molar-refractivity contribution in [3.8, 4) is 0 Å². The molecule has 0 nitrogen and oxygen atoms in total. The first-order valence-electron chi connectivity index (χ1n) is 3.16. The predicted octanol–water partition coefficient (Wildman–Crippen LogP) is 2.97. The first-order valence-corrected chi connectivity index (χ1v) is 4.04. The molecule has 1 atom stereocenters. The first kappa shape index (κ1) is 6.94. The minimum absolute atomic E-state index is 0.664. The summed E-state index contributed by atoms with van der Waals surface area (Å²) in [5.41, 5.74) is 2.89. The third-order valence-electron chi connectivity index (χ3n) is 1.94. The molecule has 1 unspecified atom stereocenters. The SMILES string of the molecule is C=C1SC(C)C(C)=C1C. The topological polar surface area (TPSA) is 0 Å². The van der Waals surface area contributed by atoms with Gasteiger partial charge in [-0.15, -0.1) is 11.8 Å². The molecular weight excluding hydrogens is 128 g/mol. The Morgan fingerprint density at radius 3 is 2.11 bits per heavy atom. The van der Waals surface area contributed by atoms with E-state index in [1.165, 1.54) is 16.1 Å². The van der Waals surface area contributed by atoms with Gasteiger partial charge in [0.15, 0.2) is 0 Å². The average Bonchev–Trinajstić information content (AvgIpc) is 1.98. The van der Waals surface area contributed by atoms with E-state index in [1.54, 1.807) is 0 Å². The Labute approximate surface area is 61.0 Å². The maximum atomic E-state index is 3.94. The Morgan fingerprint density at radius 1 is 1.44 bits per heavy atom. The second-order valence-corrected chi connectivity index (χ2v) is 3.93. The monoisotopic (exact) mass is 140 g/mol. The molecular formula is C8H12S. The highest BCUT2D eigenvalue weighted by Gasteiger charge is 2.18. The highest BCUT2D eigenvalue weighted by Crippen LogP contribution is 2.39. The molecule has 0 aromatic carbocycles. The van der Waals surface area contributed by atoms with Crippen LogP contribution in [0.1, 0.15) is 20.8 Å². The molecule has 0 amide bonds. The molecule has 0 N–H and O–H groups in total. The Balaban J connectivity index is 2.92. The van der Waals surface area contributed by atoms with E-state index in [-0.39, 0.29) is 0 Å². The second kappa shape index (κ2) is 2.22. The number of thioether (sulfide) groups is 1. The minimum atomic E-state index is 0.664. The van der Waals surface area contributed by atoms with Gasteiger partial charge in [-0.1, -0.05) is 12.2 Å². The summed E-state index contributed by atoms with van der Waals surface area (Å²) in [6, 6.07) is 0. The summed E-state index contributed by atoms with van der Waals surface area (Å²) in [5.74, 6) is 0. The Morgan fingerprint density at radius 2 is 2.00 bits per heavy atom. The van der Waals surface area contributed by atoms with Crippen molar-refractivity contribution >= 4 is 11.8 Å². The Kier molecular flexibility index (Phi) is 1.71. The van der Waals surface area contributed by atoms with Crippen molar-refractivity contribution in [1.29, 1.82) is 0 Å². The summed E-state index contributed by atoms with van der Waals surface area (Å²) < 4.78 is 0. The molecule has 0 saturated heterocycles. The van der Waals surface area contributed by atoms with Crippen LogP contribution in [0.15, 0.2) is 22.6 Å². The van der Waals surface area contributed by atoms with Crippen molar-refractivity contribution in [2.75, 3.05) is 0 Å². The van der Waals surface area contributed by atoms with Crippen LogP contribution in [0.5, 0.6) is 0 Å². The highest BCUT2D eigenvalue weighted by molar-refractivity contribution is 8.04. The molecule has 1 rings (SSSR count). The van der Waals surface area contributed by atoms with Crippen LogP contribution in [0.3, 0.4) is 0 Å². The van der Waals surface area contributed by atoms with Crippen molar-refractivity contribution in [2.24, 2.45) is 0 Å². The third-order valence-corrected chi connectivity index (χ3v) is 3.24. The molecule has 1 heterocycles. The summed E-state index contributed by atoms with van der Waals surface area (Å²) in [4.78, 5) is 1.25. The van der Waals surface area contributed by atoms with Crippen LogP contribution in [0, 0.1) is 0 Å². The lowest BCUT2D eigenvalue weighted by Crippen LogP contribution is -1.89. The lowest BCUT2D eigenvalue weighted by molar-refractivity contribution is 1.12. The van der Waals surface area contributed by atoms with Gasteiger partial charge < -0.3 is 0 Å². The molecule has 0 aromatic heterocycles. The van der Waals surface area contributed by atoms with Gasteiger partial charge >= 0.3 is 0 Å². The van der Waals surface area contributed by atoms with Crippen LogP contribution in [0.2, 0.25) is 0 Å². The minimum Gasteiger partial charge on any atom is -0.119 e. The summed E-state index contributed by atoms with van der Waals surface area (Å²) >= 11 is 1.87. The predicted molar refractivity (Wildman–Crippen MR) is 44.6 cm³/mol. The van der Waals surface area contributed by atoms with E-state index in [1.807, 2.05) is 11.8 Å². The summed E-state index contributed by atoms with van der Waals surface area (Å²) in [5, 5.41) is 0.664. The van der Waals surface area contributed by atoms with E-state index >= 15 is 0 Å². The number of allylic oxidation sites excluding steroid dienone is 1. The van der Waals surface area contributed by atoms with Crippen LogP contribution in [-0.2, 0) is 0 Å². The zero-order valence-electron chi connectivity index (χ0n) is 6.19. The zero-order chi connectivity index (χ0) is 7.02. The lowest BCUT2D eigenvalue weighted by Gasteiger charge is -1.98. The Hall–Kier alpha value is -0.170. The molecule has 1 aliphatic heterocycles. The van der Waals surface area contributed by atoms with Gasteiger partial charge in [0.1, 0.15) is 0 Å². The van der Waals surface area contributed by atoms with Crippen LogP contribution < -0.4 is 0 Å². The first-order chi connectivity index (χ1) is 4.13. The van der Waals surface area contributed by atoms with Gasteiger partial charge in [0.05, 0.1) is 0 Å². The molecule has 0 aliphatic carbocycles. The van der Waals surface area contributed by atoms with Gasteiger partial charge in [-0.3, -0.25) is 0 Å². The van der Waals surface area contributed by atoms with Gasteiger partial charge in [0, 0.05) is 10.2 Å². The molecule has 0 radical (unpaired) electrons. The maximum absolute atomic E-state index is 3.94. The second-order valence-electron chi connectivity index (χ2n) is 2.49. The largest absolute Gasteiger partial charge is 0.119 e. The highest BCUT2D eigenvalue weighted by atomic mass is 32.2. The molecule has 0 spiro atoms. The van der Waals surface area contributed by atoms with Crippen LogP contribution in [0.25, 0.3) is 0 Å². The fourth-order valence-corrected chi connectivity index (χ4v) is 2.03. The van der Waals surface area contributed by atoms with E-state index in [0.717, 1.165) is 0 Å². The van der Waals surface area contributed by atoms with E-state index in [4.69, 9.17) is 0 Å². The fourth-order valence-electron chi connectivity index (χ4n) is 0.915. The standard InChI is InChI=1S/C8H12S/c1-5-6(2)8(4)9-7(5)3/h8H,3H2,1-2,4H3. The average molecular weight is 140 g/mol. The van der Waals surface area contributed by atoms with E-state index in [2.05, 4.69) is 27.4 Å². The summed E-state index contributed by atoms with van der Waals surface area (Å²) in [6.45, 7) is 10.5. The normalized spacial score (nSPS) is 27.9.